The number of alkyl halides is 3. The van der Waals surface area contributed by atoms with E-state index in [0.29, 0.717) is 5.69 Å². The molecular weight excluding hydrogens is 309 g/mol. The van der Waals surface area contributed by atoms with Crippen molar-refractivity contribution in [3.8, 4) is 0 Å². The van der Waals surface area contributed by atoms with Crippen LogP contribution in [0.15, 0.2) is 53.3 Å². The van der Waals surface area contributed by atoms with Crippen LogP contribution in [0.2, 0.25) is 0 Å². The number of nitrogens with one attached hydrogen (secondary N) is 2. The molecule has 1 aromatic rings. The molecule has 0 fully saturated rings. The number of halogens is 3. The van der Waals surface area contributed by atoms with Crippen molar-refractivity contribution in [2.24, 2.45) is 5.10 Å². The van der Waals surface area contributed by atoms with Gasteiger partial charge in [0.05, 0.1) is 12.0 Å². The van der Waals surface area contributed by atoms with Gasteiger partial charge in [0.15, 0.2) is 0 Å². The molecule has 120 valence electrons. The molecule has 0 radical (unpaired) electrons. The molecular formula is C15H13F3N4O. The van der Waals surface area contributed by atoms with E-state index >= 15 is 0 Å². The van der Waals surface area contributed by atoms with Gasteiger partial charge < -0.3 is 10.2 Å². The monoisotopic (exact) mass is 322 g/mol. The van der Waals surface area contributed by atoms with E-state index in [9.17, 15) is 18.0 Å². The average molecular weight is 322 g/mol. The third-order valence-corrected chi connectivity index (χ3v) is 3.44. The van der Waals surface area contributed by atoms with Gasteiger partial charge in [0.1, 0.15) is 12.5 Å². The molecule has 23 heavy (non-hydrogen) atoms. The van der Waals surface area contributed by atoms with E-state index in [2.05, 4.69) is 15.8 Å². The Balaban J connectivity index is 1.62. The van der Waals surface area contributed by atoms with Crippen LogP contribution in [0, 0.1) is 0 Å². The minimum atomic E-state index is -4.39. The van der Waals surface area contributed by atoms with Crippen molar-refractivity contribution in [2.75, 3.05) is 5.32 Å². The molecule has 0 saturated carbocycles. The van der Waals surface area contributed by atoms with E-state index in [1.807, 2.05) is 17.1 Å². The Morgan fingerprint density at radius 2 is 2.04 bits per heavy atom. The lowest BCUT2D eigenvalue weighted by molar-refractivity contribution is -0.137. The molecule has 2 heterocycles. The first-order valence-electron chi connectivity index (χ1n) is 6.85. The maximum atomic E-state index is 12.5. The Morgan fingerprint density at radius 3 is 2.74 bits per heavy atom. The van der Waals surface area contributed by atoms with Crippen LogP contribution in [0.3, 0.4) is 0 Å². The second-order valence-corrected chi connectivity index (χ2v) is 5.07. The summed E-state index contributed by atoms with van der Waals surface area (Å²) in [4.78, 5) is 13.9. The van der Waals surface area contributed by atoms with E-state index in [1.165, 1.54) is 12.1 Å². The molecule has 0 saturated heterocycles. The molecule has 1 aromatic carbocycles. The Hall–Kier alpha value is -2.77. The largest absolute Gasteiger partial charge is 0.416 e. The Labute approximate surface area is 130 Å². The van der Waals surface area contributed by atoms with E-state index < -0.39 is 11.7 Å². The van der Waals surface area contributed by atoms with Crippen LogP contribution in [0.5, 0.6) is 0 Å². The number of hydrogen-bond donors (Lipinski definition) is 2. The van der Waals surface area contributed by atoms with Gasteiger partial charge in [-0.3, -0.25) is 10.2 Å². The van der Waals surface area contributed by atoms with Gasteiger partial charge in [0.2, 0.25) is 5.91 Å². The van der Waals surface area contributed by atoms with E-state index in [1.54, 1.807) is 12.4 Å². The first kappa shape index (κ1) is 15.1. The number of amides is 1. The van der Waals surface area contributed by atoms with E-state index in [4.69, 9.17) is 0 Å². The fourth-order valence-corrected chi connectivity index (χ4v) is 2.31. The van der Waals surface area contributed by atoms with Crippen molar-refractivity contribution >= 4 is 17.9 Å². The summed E-state index contributed by atoms with van der Waals surface area (Å²) >= 11 is 0. The summed E-state index contributed by atoms with van der Waals surface area (Å²) in [5.41, 5.74) is 3.17. The lowest BCUT2D eigenvalue weighted by Gasteiger charge is -2.26. The fourth-order valence-electron chi connectivity index (χ4n) is 2.31. The number of hydrogen-bond acceptors (Lipinski definition) is 4. The highest BCUT2D eigenvalue weighted by Gasteiger charge is 2.30. The number of fused-ring (bicyclic) bond motifs is 1. The summed E-state index contributed by atoms with van der Waals surface area (Å²) in [6, 6.07) is 4.34. The molecule has 2 N–H and O–H groups in total. The smallest absolute Gasteiger partial charge is 0.326 e. The first-order chi connectivity index (χ1) is 10.9. The van der Waals surface area contributed by atoms with Crippen LogP contribution in [0.1, 0.15) is 12.0 Å². The first-order valence-corrected chi connectivity index (χ1v) is 6.85. The summed E-state index contributed by atoms with van der Waals surface area (Å²) < 4.78 is 37.5. The zero-order chi connectivity index (χ0) is 16.4. The number of anilines is 1. The summed E-state index contributed by atoms with van der Waals surface area (Å²) in [5, 5.41) is 6.51. The highest BCUT2D eigenvalue weighted by Crippen LogP contribution is 2.30. The molecule has 0 spiro atoms. The van der Waals surface area contributed by atoms with Crippen molar-refractivity contribution in [1.29, 1.82) is 0 Å². The molecule has 2 aliphatic heterocycles. The molecule has 2 aliphatic rings. The van der Waals surface area contributed by atoms with Crippen LogP contribution in [-0.4, -0.2) is 23.3 Å². The Kier molecular flexibility index (Phi) is 3.81. The van der Waals surface area contributed by atoms with Gasteiger partial charge >= 0.3 is 6.18 Å². The summed E-state index contributed by atoms with van der Waals surface area (Å²) in [7, 11) is 0. The van der Waals surface area contributed by atoms with Gasteiger partial charge in [-0.15, -0.1) is 0 Å². The predicted octanol–water partition coefficient (Wildman–Crippen LogP) is 2.66. The minimum absolute atomic E-state index is 0.0928. The number of allylic oxidation sites excluding steroid dienone is 2. The zero-order valence-corrected chi connectivity index (χ0v) is 11.8. The van der Waals surface area contributed by atoms with Crippen LogP contribution >= 0.6 is 0 Å². The average Bonchev–Trinajstić information content (AvgIpc) is 2.96. The summed E-state index contributed by atoms with van der Waals surface area (Å²) in [5.74, 6) is -0.314. The molecule has 0 aromatic heterocycles. The molecule has 0 aliphatic carbocycles. The Morgan fingerprint density at radius 1 is 1.30 bits per heavy atom. The minimum Gasteiger partial charge on any atom is -0.326 e. The lowest BCUT2D eigenvalue weighted by atomic mass is 10.1. The van der Waals surface area contributed by atoms with Crippen molar-refractivity contribution in [2.45, 2.75) is 18.8 Å². The molecule has 8 heteroatoms. The van der Waals surface area contributed by atoms with Gasteiger partial charge in [-0.25, -0.2) is 0 Å². The van der Waals surface area contributed by atoms with Crippen LogP contribution in [-0.2, 0) is 11.0 Å². The van der Waals surface area contributed by atoms with Crippen molar-refractivity contribution in [3.63, 3.8) is 0 Å². The lowest BCUT2D eigenvalue weighted by Crippen LogP contribution is -2.37. The number of rotatable bonds is 3. The molecule has 1 atom stereocenters. The van der Waals surface area contributed by atoms with Gasteiger partial charge in [0, 0.05) is 11.4 Å². The molecule has 1 amide bonds. The third kappa shape index (κ3) is 3.36. The highest BCUT2D eigenvalue weighted by molar-refractivity contribution is 5.92. The SMILES string of the molecule is O=C(CC1=CC=CC2NN=CN12)Nc1ccc(C(F)(F)F)cc1. The van der Waals surface area contributed by atoms with Crippen molar-refractivity contribution in [3.05, 3.63) is 53.8 Å². The topological polar surface area (TPSA) is 56.7 Å². The van der Waals surface area contributed by atoms with Gasteiger partial charge in [0.25, 0.3) is 0 Å². The van der Waals surface area contributed by atoms with E-state index in [0.717, 1.165) is 17.8 Å². The highest BCUT2D eigenvalue weighted by atomic mass is 19.4. The molecule has 5 nitrogen and oxygen atoms in total. The van der Waals surface area contributed by atoms with Crippen LogP contribution in [0.4, 0.5) is 18.9 Å². The number of nitrogens with zero attached hydrogens (tertiary/aromatic N) is 2. The molecule has 3 rings (SSSR count). The predicted molar refractivity (Wildman–Crippen MR) is 79.2 cm³/mol. The number of benzene rings is 1. The molecule has 1 unspecified atom stereocenters. The quantitative estimate of drug-likeness (QED) is 0.899. The number of hydrazone groups is 1. The number of carbonyl (C=O) groups is 1. The molecule has 0 bridgehead atoms. The number of carbonyl (C=O) groups excluding carboxylic acids is 1. The summed E-state index contributed by atoms with van der Waals surface area (Å²) in [6.45, 7) is 0. The van der Waals surface area contributed by atoms with E-state index in [-0.39, 0.29) is 18.5 Å². The third-order valence-electron chi connectivity index (χ3n) is 3.44. The van der Waals surface area contributed by atoms with Gasteiger partial charge in [-0.1, -0.05) is 6.08 Å². The van der Waals surface area contributed by atoms with Crippen molar-refractivity contribution < 1.29 is 18.0 Å². The van der Waals surface area contributed by atoms with Crippen molar-refractivity contribution in [1.82, 2.24) is 10.3 Å². The second-order valence-electron chi connectivity index (χ2n) is 5.07. The summed E-state index contributed by atoms with van der Waals surface area (Å²) in [6.07, 6.45) is 2.70. The Bertz CT molecular complexity index is 692. The second kappa shape index (κ2) is 5.79. The van der Waals surface area contributed by atoms with Crippen LogP contribution in [0.25, 0.3) is 0 Å². The van der Waals surface area contributed by atoms with Gasteiger partial charge in [-0.05, 0) is 36.4 Å². The maximum absolute atomic E-state index is 12.5. The normalized spacial score (nSPS) is 19.2. The fraction of sp³-hybridized carbons (Fsp3) is 0.200. The van der Waals surface area contributed by atoms with Crippen LogP contribution < -0.4 is 10.7 Å². The zero-order valence-electron chi connectivity index (χ0n) is 11.8. The standard InChI is InChI=1S/C15H13F3N4O/c16-15(17,18)10-4-6-11(7-5-10)20-14(23)8-12-2-1-3-13-21-19-9-22(12)13/h1-7,9,13,21H,8H2,(H,20,23). The van der Waals surface area contributed by atoms with Gasteiger partial charge in [-0.2, -0.15) is 18.3 Å². The maximum Gasteiger partial charge on any atom is 0.416 e.